The first-order chi connectivity index (χ1) is 6.77. The lowest BCUT2D eigenvalue weighted by Gasteiger charge is -2.12. The van der Waals surface area contributed by atoms with Crippen molar-refractivity contribution in [3.63, 3.8) is 0 Å². The van der Waals surface area contributed by atoms with E-state index >= 15 is 0 Å². The molecule has 1 heterocycles. The van der Waals surface area contributed by atoms with Crippen molar-refractivity contribution in [2.45, 2.75) is 25.3 Å². The Bertz CT molecular complexity index is 319. The molecule has 0 spiro atoms. The molecule has 3 heteroatoms. The highest BCUT2D eigenvalue weighted by atomic mass is 19.1. The summed E-state index contributed by atoms with van der Waals surface area (Å²) in [7, 11) is 0. The molecule has 1 fully saturated rings. The van der Waals surface area contributed by atoms with Crippen LogP contribution in [0, 0.1) is 5.82 Å². The van der Waals surface area contributed by atoms with Crippen molar-refractivity contribution in [3.05, 3.63) is 29.6 Å². The van der Waals surface area contributed by atoms with Gasteiger partial charge < -0.3 is 11.1 Å². The fraction of sp³-hybridized carbons (Fsp3) is 0.455. The zero-order chi connectivity index (χ0) is 9.97. The summed E-state index contributed by atoms with van der Waals surface area (Å²) in [6.07, 6.45) is 3.21. The van der Waals surface area contributed by atoms with Gasteiger partial charge in [0, 0.05) is 6.04 Å². The Kier molecular flexibility index (Phi) is 2.68. The van der Waals surface area contributed by atoms with Crippen molar-refractivity contribution in [3.8, 4) is 0 Å². The molecule has 1 atom stereocenters. The second kappa shape index (κ2) is 3.96. The Balaban J connectivity index is 2.11. The summed E-state index contributed by atoms with van der Waals surface area (Å²) in [5, 5.41) is 3.37. The molecule has 0 radical (unpaired) electrons. The minimum atomic E-state index is -0.305. The van der Waals surface area contributed by atoms with Crippen LogP contribution in [-0.2, 0) is 6.42 Å². The van der Waals surface area contributed by atoms with E-state index in [9.17, 15) is 4.39 Å². The third-order valence-electron chi connectivity index (χ3n) is 2.77. The second-order valence-corrected chi connectivity index (χ2v) is 3.81. The Labute approximate surface area is 83.3 Å². The smallest absolute Gasteiger partial charge is 0.146 e. The van der Waals surface area contributed by atoms with Crippen LogP contribution >= 0.6 is 0 Å². The monoisotopic (exact) mass is 194 g/mol. The van der Waals surface area contributed by atoms with E-state index in [0.29, 0.717) is 11.7 Å². The zero-order valence-electron chi connectivity index (χ0n) is 8.09. The van der Waals surface area contributed by atoms with Crippen LogP contribution in [0.25, 0.3) is 0 Å². The van der Waals surface area contributed by atoms with Gasteiger partial charge in [-0.3, -0.25) is 0 Å². The SMILES string of the molecule is Nc1c(F)cccc1CC1CCCN1. The van der Waals surface area contributed by atoms with Gasteiger partial charge in [-0.25, -0.2) is 4.39 Å². The number of benzene rings is 1. The molecular formula is C11H15FN2. The lowest BCUT2D eigenvalue weighted by Crippen LogP contribution is -2.24. The summed E-state index contributed by atoms with van der Waals surface area (Å²) in [6.45, 7) is 1.07. The lowest BCUT2D eigenvalue weighted by atomic mass is 10.0. The quantitative estimate of drug-likeness (QED) is 0.703. The maximum absolute atomic E-state index is 13.1. The van der Waals surface area contributed by atoms with Crippen LogP contribution in [0.5, 0.6) is 0 Å². The van der Waals surface area contributed by atoms with E-state index in [0.717, 1.165) is 24.9 Å². The fourth-order valence-corrected chi connectivity index (χ4v) is 1.96. The van der Waals surface area contributed by atoms with Crippen molar-refractivity contribution < 1.29 is 4.39 Å². The molecule has 2 rings (SSSR count). The molecule has 14 heavy (non-hydrogen) atoms. The zero-order valence-corrected chi connectivity index (χ0v) is 8.09. The minimum absolute atomic E-state index is 0.305. The molecule has 1 unspecified atom stereocenters. The number of nitrogen functional groups attached to an aromatic ring is 1. The van der Waals surface area contributed by atoms with Gasteiger partial charge in [0.1, 0.15) is 5.82 Å². The molecule has 1 aromatic rings. The summed E-state index contributed by atoms with van der Waals surface area (Å²) in [4.78, 5) is 0. The van der Waals surface area contributed by atoms with E-state index in [-0.39, 0.29) is 5.82 Å². The molecule has 0 saturated carbocycles. The molecule has 1 aliphatic heterocycles. The van der Waals surface area contributed by atoms with Crippen molar-refractivity contribution in [1.82, 2.24) is 5.32 Å². The van der Waals surface area contributed by atoms with Crippen LogP contribution in [0.2, 0.25) is 0 Å². The van der Waals surface area contributed by atoms with Gasteiger partial charge in [0.25, 0.3) is 0 Å². The van der Waals surface area contributed by atoms with Crippen molar-refractivity contribution in [2.75, 3.05) is 12.3 Å². The van der Waals surface area contributed by atoms with Gasteiger partial charge in [0.15, 0.2) is 0 Å². The van der Waals surface area contributed by atoms with E-state index in [1.54, 1.807) is 6.07 Å². The summed E-state index contributed by atoms with van der Waals surface area (Å²) in [5.41, 5.74) is 6.89. The molecule has 1 aromatic carbocycles. The van der Waals surface area contributed by atoms with Crippen LogP contribution in [-0.4, -0.2) is 12.6 Å². The Morgan fingerprint density at radius 3 is 3.07 bits per heavy atom. The second-order valence-electron chi connectivity index (χ2n) is 3.81. The number of rotatable bonds is 2. The summed E-state index contributed by atoms with van der Waals surface area (Å²) in [6, 6.07) is 5.49. The number of anilines is 1. The van der Waals surface area contributed by atoms with Crippen LogP contribution < -0.4 is 11.1 Å². The molecule has 0 amide bonds. The van der Waals surface area contributed by atoms with E-state index in [1.165, 1.54) is 12.5 Å². The molecular weight excluding hydrogens is 179 g/mol. The number of nitrogens with one attached hydrogen (secondary N) is 1. The molecule has 0 aliphatic carbocycles. The van der Waals surface area contributed by atoms with E-state index in [4.69, 9.17) is 5.73 Å². The first-order valence-electron chi connectivity index (χ1n) is 5.03. The average molecular weight is 194 g/mol. The molecule has 0 aromatic heterocycles. The van der Waals surface area contributed by atoms with E-state index in [1.807, 2.05) is 6.07 Å². The predicted molar refractivity (Wildman–Crippen MR) is 55.5 cm³/mol. The molecule has 76 valence electrons. The van der Waals surface area contributed by atoms with Crippen molar-refractivity contribution >= 4 is 5.69 Å². The van der Waals surface area contributed by atoms with Crippen LogP contribution in [0.3, 0.4) is 0 Å². The first-order valence-corrected chi connectivity index (χ1v) is 5.03. The van der Waals surface area contributed by atoms with Gasteiger partial charge >= 0.3 is 0 Å². The van der Waals surface area contributed by atoms with Crippen LogP contribution in [0.15, 0.2) is 18.2 Å². The largest absolute Gasteiger partial charge is 0.396 e. The maximum Gasteiger partial charge on any atom is 0.146 e. The van der Waals surface area contributed by atoms with Gasteiger partial charge in [0.05, 0.1) is 5.69 Å². The molecule has 0 bridgehead atoms. The van der Waals surface area contributed by atoms with Crippen LogP contribution in [0.1, 0.15) is 18.4 Å². The number of hydrogen-bond donors (Lipinski definition) is 2. The van der Waals surface area contributed by atoms with Crippen molar-refractivity contribution in [2.24, 2.45) is 0 Å². The first kappa shape index (κ1) is 9.46. The normalized spacial score (nSPS) is 21.4. The van der Waals surface area contributed by atoms with Gasteiger partial charge in [-0.2, -0.15) is 0 Å². The van der Waals surface area contributed by atoms with Gasteiger partial charge in [-0.15, -0.1) is 0 Å². The number of nitrogens with two attached hydrogens (primary N) is 1. The van der Waals surface area contributed by atoms with Crippen molar-refractivity contribution in [1.29, 1.82) is 0 Å². The highest BCUT2D eigenvalue weighted by molar-refractivity contribution is 5.48. The molecule has 3 N–H and O–H groups in total. The third kappa shape index (κ3) is 1.87. The van der Waals surface area contributed by atoms with Gasteiger partial charge in [0.2, 0.25) is 0 Å². The van der Waals surface area contributed by atoms with Crippen LogP contribution in [0.4, 0.5) is 10.1 Å². The number of hydrogen-bond acceptors (Lipinski definition) is 2. The lowest BCUT2D eigenvalue weighted by molar-refractivity contribution is 0.596. The highest BCUT2D eigenvalue weighted by Gasteiger charge is 2.16. The maximum atomic E-state index is 13.1. The predicted octanol–water partition coefficient (Wildman–Crippen LogP) is 1.70. The topological polar surface area (TPSA) is 38.0 Å². The fourth-order valence-electron chi connectivity index (χ4n) is 1.96. The molecule has 1 saturated heterocycles. The third-order valence-corrected chi connectivity index (χ3v) is 2.77. The standard InChI is InChI=1S/C11H15FN2/c12-10-5-1-3-8(11(10)13)7-9-4-2-6-14-9/h1,3,5,9,14H,2,4,6-7,13H2. The summed E-state index contributed by atoms with van der Waals surface area (Å²) in [5.74, 6) is -0.305. The Hall–Kier alpha value is -1.09. The number of halogens is 1. The van der Waals surface area contributed by atoms with E-state index < -0.39 is 0 Å². The van der Waals surface area contributed by atoms with Gasteiger partial charge in [-0.05, 0) is 37.4 Å². The summed E-state index contributed by atoms with van der Waals surface area (Å²) >= 11 is 0. The Morgan fingerprint density at radius 1 is 1.50 bits per heavy atom. The highest BCUT2D eigenvalue weighted by Crippen LogP contribution is 2.19. The van der Waals surface area contributed by atoms with E-state index in [2.05, 4.69) is 5.32 Å². The molecule has 2 nitrogen and oxygen atoms in total. The Morgan fingerprint density at radius 2 is 2.36 bits per heavy atom. The summed E-state index contributed by atoms with van der Waals surface area (Å²) < 4.78 is 13.1. The average Bonchev–Trinajstić information content (AvgIpc) is 2.66. The number of para-hydroxylation sites is 1. The van der Waals surface area contributed by atoms with Gasteiger partial charge in [-0.1, -0.05) is 12.1 Å². The molecule has 1 aliphatic rings. The minimum Gasteiger partial charge on any atom is -0.396 e.